The standard InChI is InChI=1S/C17H21NO3/c1-12(5-10-16(19)20)11-13(2)17(21)14-6-8-15(9-7-14)18(3)4/h5-11,13H,1-4H3,(H,19,20)/b10-5+,12-11+/t13-/m0/s1. The molecule has 0 aromatic heterocycles. The number of nitrogens with zero attached hydrogens (tertiary/aromatic N) is 1. The molecule has 1 atom stereocenters. The van der Waals surface area contributed by atoms with E-state index in [-0.39, 0.29) is 11.7 Å². The molecule has 0 heterocycles. The van der Waals surface area contributed by atoms with Crippen LogP contribution in [0.3, 0.4) is 0 Å². The molecule has 0 aliphatic carbocycles. The van der Waals surface area contributed by atoms with Gasteiger partial charge in [0.1, 0.15) is 0 Å². The van der Waals surface area contributed by atoms with Gasteiger partial charge in [-0.1, -0.05) is 24.6 Å². The number of Topliss-reactive ketones (excluding diaryl/α,β-unsaturated/α-hetero) is 1. The van der Waals surface area contributed by atoms with Crippen LogP contribution >= 0.6 is 0 Å². The largest absolute Gasteiger partial charge is 0.478 e. The molecule has 21 heavy (non-hydrogen) atoms. The number of carboxylic acid groups (broad SMARTS) is 1. The number of anilines is 1. The molecule has 0 aliphatic rings. The highest BCUT2D eigenvalue weighted by Gasteiger charge is 2.13. The highest BCUT2D eigenvalue weighted by molar-refractivity contribution is 5.99. The highest BCUT2D eigenvalue weighted by Crippen LogP contribution is 2.16. The van der Waals surface area contributed by atoms with E-state index >= 15 is 0 Å². The smallest absolute Gasteiger partial charge is 0.328 e. The number of carbonyl (C=O) groups excluding carboxylic acids is 1. The van der Waals surface area contributed by atoms with E-state index in [2.05, 4.69) is 0 Å². The molecule has 4 heteroatoms. The Labute approximate surface area is 125 Å². The van der Waals surface area contributed by atoms with Crippen molar-refractivity contribution in [3.63, 3.8) is 0 Å². The predicted octanol–water partition coefficient (Wildman–Crippen LogP) is 3.16. The predicted molar refractivity (Wildman–Crippen MR) is 84.8 cm³/mol. The Hall–Kier alpha value is -2.36. The average Bonchev–Trinajstić information content (AvgIpc) is 2.44. The molecule has 1 rings (SSSR count). The van der Waals surface area contributed by atoms with Crippen molar-refractivity contribution in [3.8, 4) is 0 Å². The Kier molecular flexibility index (Phi) is 5.91. The fourth-order valence-electron chi connectivity index (χ4n) is 1.92. The second kappa shape index (κ2) is 7.43. The molecule has 0 bridgehead atoms. The summed E-state index contributed by atoms with van der Waals surface area (Å²) >= 11 is 0. The van der Waals surface area contributed by atoms with Gasteiger partial charge in [-0.05, 0) is 31.2 Å². The summed E-state index contributed by atoms with van der Waals surface area (Å²) in [5, 5.41) is 8.57. The summed E-state index contributed by atoms with van der Waals surface area (Å²) in [6, 6.07) is 7.43. The van der Waals surface area contributed by atoms with Gasteiger partial charge in [-0.15, -0.1) is 0 Å². The number of hydrogen-bond acceptors (Lipinski definition) is 3. The molecular formula is C17H21NO3. The van der Waals surface area contributed by atoms with Gasteiger partial charge in [0.2, 0.25) is 0 Å². The van der Waals surface area contributed by atoms with E-state index in [1.54, 1.807) is 19.9 Å². The van der Waals surface area contributed by atoms with Crippen LogP contribution in [0.5, 0.6) is 0 Å². The van der Waals surface area contributed by atoms with Gasteiger partial charge < -0.3 is 10.0 Å². The van der Waals surface area contributed by atoms with E-state index in [0.29, 0.717) is 5.56 Å². The van der Waals surface area contributed by atoms with Crippen molar-refractivity contribution >= 4 is 17.4 Å². The SMILES string of the molecule is CC(/C=C/C(=O)O)=C\[C@H](C)C(=O)c1ccc(N(C)C)cc1. The molecule has 0 radical (unpaired) electrons. The first-order valence-corrected chi connectivity index (χ1v) is 6.72. The summed E-state index contributed by atoms with van der Waals surface area (Å²) in [4.78, 5) is 24.7. The number of carboxylic acids is 1. The number of carbonyl (C=O) groups is 2. The third-order valence-electron chi connectivity index (χ3n) is 3.08. The first-order chi connectivity index (χ1) is 9.81. The molecule has 112 valence electrons. The van der Waals surface area contributed by atoms with Crippen LogP contribution in [-0.2, 0) is 4.79 Å². The molecule has 0 aliphatic heterocycles. The van der Waals surface area contributed by atoms with Gasteiger partial charge in [0.05, 0.1) is 0 Å². The lowest BCUT2D eigenvalue weighted by Crippen LogP contribution is -2.11. The van der Waals surface area contributed by atoms with Gasteiger partial charge in [0.25, 0.3) is 0 Å². The molecule has 0 unspecified atom stereocenters. The molecule has 0 amide bonds. The topological polar surface area (TPSA) is 57.6 Å². The summed E-state index contributed by atoms with van der Waals surface area (Å²) < 4.78 is 0. The maximum Gasteiger partial charge on any atom is 0.328 e. The molecule has 4 nitrogen and oxygen atoms in total. The van der Waals surface area contributed by atoms with Crippen molar-refractivity contribution in [1.82, 2.24) is 0 Å². The first kappa shape index (κ1) is 16.7. The minimum atomic E-state index is -0.999. The first-order valence-electron chi connectivity index (χ1n) is 6.72. The number of hydrogen-bond donors (Lipinski definition) is 1. The Bertz CT molecular complexity index is 568. The van der Waals surface area contributed by atoms with Crippen molar-refractivity contribution in [2.75, 3.05) is 19.0 Å². The molecule has 0 saturated carbocycles. The van der Waals surface area contributed by atoms with E-state index in [0.717, 1.165) is 17.3 Å². The zero-order valence-electron chi connectivity index (χ0n) is 12.8. The minimum Gasteiger partial charge on any atom is -0.478 e. The molecule has 1 aromatic carbocycles. The Morgan fingerprint density at radius 1 is 1.14 bits per heavy atom. The molecule has 1 N–H and O–H groups in total. The number of benzene rings is 1. The summed E-state index contributed by atoms with van der Waals surface area (Å²) in [6.45, 7) is 3.58. The van der Waals surface area contributed by atoms with E-state index in [1.807, 2.05) is 43.3 Å². The average molecular weight is 287 g/mol. The third kappa shape index (κ3) is 5.26. The number of ketones is 1. The fourth-order valence-corrected chi connectivity index (χ4v) is 1.92. The second-order valence-corrected chi connectivity index (χ2v) is 5.18. The lowest BCUT2D eigenvalue weighted by Gasteiger charge is -2.13. The Morgan fingerprint density at radius 3 is 2.19 bits per heavy atom. The second-order valence-electron chi connectivity index (χ2n) is 5.18. The highest BCUT2D eigenvalue weighted by atomic mass is 16.4. The van der Waals surface area contributed by atoms with Crippen molar-refractivity contribution in [2.45, 2.75) is 13.8 Å². The lowest BCUT2D eigenvalue weighted by molar-refractivity contribution is -0.131. The number of allylic oxidation sites excluding steroid dienone is 3. The van der Waals surface area contributed by atoms with Crippen LogP contribution in [0.1, 0.15) is 24.2 Å². The van der Waals surface area contributed by atoms with E-state index in [4.69, 9.17) is 5.11 Å². The minimum absolute atomic E-state index is 0.0170. The van der Waals surface area contributed by atoms with Crippen LogP contribution in [0.4, 0.5) is 5.69 Å². The van der Waals surface area contributed by atoms with Crippen LogP contribution in [-0.4, -0.2) is 31.0 Å². The van der Waals surface area contributed by atoms with Crippen molar-refractivity contribution in [2.24, 2.45) is 5.92 Å². The number of aliphatic carboxylic acids is 1. The normalized spacial score (nSPS) is 13.2. The lowest BCUT2D eigenvalue weighted by atomic mass is 9.97. The maximum atomic E-state index is 12.3. The van der Waals surface area contributed by atoms with Crippen molar-refractivity contribution in [1.29, 1.82) is 0 Å². The van der Waals surface area contributed by atoms with Gasteiger partial charge in [-0.3, -0.25) is 4.79 Å². The van der Waals surface area contributed by atoms with Crippen molar-refractivity contribution < 1.29 is 14.7 Å². The maximum absolute atomic E-state index is 12.3. The zero-order valence-corrected chi connectivity index (χ0v) is 12.8. The monoisotopic (exact) mass is 287 g/mol. The van der Waals surface area contributed by atoms with Crippen LogP contribution in [0.2, 0.25) is 0 Å². The summed E-state index contributed by atoms with van der Waals surface area (Å²) in [6.07, 6.45) is 4.32. The van der Waals surface area contributed by atoms with Crippen LogP contribution in [0.15, 0.2) is 48.1 Å². The van der Waals surface area contributed by atoms with Crippen molar-refractivity contribution in [3.05, 3.63) is 53.6 Å². The van der Waals surface area contributed by atoms with Gasteiger partial charge in [-0.25, -0.2) is 4.79 Å². The Morgan fingerprint density at radius 2 is 1.71 bits per heavy atom. The molecule has 1 aromatic rings. The summed E-state index contributed by atoms with van der Waals surface area (Å²) in [7, 11) is 3.89. The number of rotatable bonds is 6. The zero-order chi connectivity index (χ0) is 16.0. The van der Waals surface area contributed by atoms with Crippen LogP contribution < -0.4 is 4.90 Å². The molecule has 0 spiro atoms. The quantitative estimate of drug-likeness (QED) is 0.496. The third-order valence-corrected chi connectivity index (χ3v) is 3.08. The fraction of sp³-hybridized carbons (Fsp3) is 0.294. The summed E-state index contributed by atoms with van der Waals surface area (Å²) in [5.74, 6) is -1.28. The Balaban J connectivity index is 2.82. The van der Waals surface area contributed by atoms with Crippen LogP contribution in [0.25, 0.3) is 0 Å². The van der Waals surface area contributed by atoms with Gasteiger partial charge in [0.15, 0.2) is 5.78 Å². The molecular weight excluding hydrogens is 266 g/mol. The van der Waals surface area contributed by atoms with E-state index < -0.39 is 5.97 Å². The van der Waals surface area contributed by atoms with Gasteiger partial charge in [0, 0.05) is 37.3 Å². The molecule has 0 saturated heterocycles. The van der Waals surface area contributed by atoms with Crippen LogP contribution in [0, 0.1) is 5.92 Å². The van der Waals surface area contributed by atoms with Gasteiger partial charge in [-0.2, -0.15) is 0 Å². The molecule has 0 fully saturated rings. The van der Waals surface area contributed by atoms with E-state index in [1.165, 1.54) is 6.08 Å². The summed E-state index contributed by atoms with van der Waals surface area (Å²) in [5.41, 5.74) is 2.44. The van der Waals surface area contributed by atoms with E-state index in [9.17, 15) is 9.59 Å². The van der Waals surface area contributed by atoms with Gasteiger partial charge >= 0.3 is 5.97 Å².